The molecule has 1 aliphatic rings. The van der Waals surface area contributed by atoms with Crippen molar-refractivity contribution < 1.29 is 4.79 Å². The summed E-state index contributed by atoms with van der Waals surface area (Å²) in [5.74, 6) is 0.0820. The van der Waals surface area contributed by atoms with Gasteiger partial charge in [-0.1, -0.05) is 11.6 Å². The molecule has 1 aromatic carbocycles. The maximum absolute atomic E-state index is 13.0. The summed E-state index contributed by atoms with van der Waals surface area (Å²) in [4.78, 5) is 23.6. The second-order valence-corrected chi connectivity index (χ2v) is 7.63. The number of fused-ring (bicyclic) bond motifs is 1. The molecule has 1 aliphatic heterocycles. The van der Waals surface area contributed by atoms with Crippen LogP contribution in [-0.2, 0) is 17.6 Å². The minimum absolute atomic E-state index is 0.0820. The van der Waals surface area contributed by atoms with E-state index in [0.717, 1.165) is 58.3 Å². The van der Waals surface area contributed by atoms with E-state index in [0.29, 0.717) is 6.42 Å². The van der Waals surface area contributed by atoms with E-state index in [9.17, 15) is 4.79 Å². The number of aromatic nitrogens is 2. The second kappa shape index (κ2) is 7.56. The van der Waals surface area contributed by atoms with Crippen molar-refractivity contribution in [3.05, 3.63) is 64.4 Å². The number of carbonyl (C=O) groups excluding carboxylic acids is 1. The first-order valence-electron chi connectivity index (χ1n) is 8.64. The zero-order chi connectivity index (χ0) is 17.9. The van der Waals surface area contributed by atoms with Crippen molar-refractivity contribution in [3.63, 3.8) is 0 Å². The van der Waals surface area contributed by atoms with Gasteiger partial charge in [0.25, 0.3) is 0 Å². The number of thiazole rings is 1. The highest BCUT2D eigenvalue weighted by molar-refractivity contribution is 7.13. The van der Waals surface area contributed by atoms with Gasteiger partial charge < -0.3 is 4.90 Å². The summed E-state index contributed by atoms with van der Waals surface area (Å²) in [7, 11) is 0. The average molecular weight is 384 g/mol. The van der Waals surface area contributed by atoms with Crippen molar-refractivity contribution in [2.24, 2.45) is 0 Å². The number of anilines is 1. The molecule has 0 radical (unpaired) electrons. The lowest BCUT2D eigenvalue weighted by Gasteiger charge is -2.22. The van der Waals surface area contributed by atoms with Crippen LogP contribution in [-0.4, -0.2) is 22.4 Å². The number of pyridine rings is 1. The van der Waals surface area contributed by atoms with Crippen molar-refractivity contribution in [2.75, 3.05) is 11.4 Å². The second-order valence-electron chi connectivity index (χ2n) is 6.34. The molecule has 0 saturated heterocycles. The van der Waals surface area contributed by atoms with Crippen LogP contribution in [0.2, 0.25) is 5.02 Å². The molecule has 4 nitrogen and oxygen atoms in total. The normalized spacial score (nSPS) is 14.0. The summed E-state index contributed by atoms with van der Waals surface area (Å²) >= 11 is 7.67. The molecule has 3 aromatic rings. The van der Waals surface area contributed by atoms with E-state index in [4.69, 9.17) is 11.6 Å². The maximum atomic E-state index is 13.0. The smallest absolute Gasteiger partial charge is 0.233 e. The Hall–Kier alpha value is -2.24. The van der Waals surface area contributed by atoms with Crippen LogP contribution >= 0.6 is 22.9 Å². The van der Waals surface area contributed by atoms with Gasteiger partial charge in [0.1, 0.15) is 5.01 Å². The Morgan fingerprint density at radius 3 is 3.04 bits per heavy atom. The number of hydrogen-bond acceptors (Lipinski definition) is 4. The van der Waals surface area contributed by atoms with Gasteiger partial charge >= 0.3 is 0 Å². The number of rotatable bonds is 3. The Balaban J connectivity index is 1.55. The van der Waals surface area contributed by atoms with Crippen LogP contribution in [0, 0.1) is 0 Å². The van der Waals surface area contributed by atoms with E-state index in [-0.39, 0.29) is 5.91 Å². The van der Waals surface area contributed by atoms with Gasteiger partial charge in [0, 0.05) is 40.6 Å². The van der Waals surface area contributed by atoms with Crippen molar-refractivity contribution in [1.29, 1.82) is 0 Å². The molecular weight excluding hydrogens is 366 g/mol. The number of amides is 1. The Labute approximate surface area is 161 Å². The van der Waals surface area contributed by atoms with E-state index in [2.05, 4.69) is 9.97 Å². The number of aryl methyl sites for hydroxylation is 1. The first kappa shape index (κ1) is 17.2. The molecule has 0 unspecified atom stereocenters. The van der Waals surface area contributed by atoms with Gasteiger partial charge in [-0.25, -0.2) is 4.98 Å². The standard InChI is InChI=1S/C20H18ClN3OS/c21-16-6-7-18-14(10-16)4-1-2-9-24(18)19(25)11-17-13-26-20(23-17)15-5-3-8-22-12-15/h3,5-8,10,12-13H,1-2,4,9,11H2. The quantitative estimate of drug-likeness (QED) is 0.654. The van der Waals surface area contributed by atoms with Crippen LogP contribution in [0.25, 0.3) is 10.6 Å². The molecule has 1 amide bonds. The largest absolute Gasteiger partial charge is 0.312 e. The molecule has 0 bridgehead atoms. The fourth-order valence-corrected chi connectivity index (χ4v) is 4.25. The third kappa shape index (κ3) is 3.64. The first-order chi connectivity index (χ1) is 12.7. The molecule has 4 rings (SSSR count). The lowest BCUT2D eigenvalue weighted by atomic mass is 10.1. The highest BCUT2D eigenvalue weighted by atomic mass is 35.5. The number of hydrogen-bond donors (Lipinski definition) is 0. The van der Waals surface area contributed by atoms with Gasteiger partial charge in [0.15, 0.2) is 0 Å². The third-order valence-electron chi connectivity index (χ3n) is 4.50. The molecule has 0 spiro atoms. The van der Waals surface area contributed by atoms with Crippen molar-refractivity contribution in [1.82, 2.24) is 9.97 Å². The van der Waals surface area contributed by atoms with Crippen LogP contribution in [0.15, 0.2) is 48.1 Å². The molecule has 6 heteroatoms. The topological polar surface area (TPSA) is 46.1 Å². The summed E-state index contributed by atoms with van der Waals surface area (Å²) in [5, 5.41) is 3.57. The van der Waals surface area contributed by atoms with Gasteiger partial charge in [-0.3, -0.25) is 9.78 Å². The molecule has 2 aromatic heterocycles. The zero-order valence-corrected chi connectivity index (χ0v) is 15.8. The van der Waals surface area contributed by atoms with E-state index in [1.165, 1.54) is 0 Å². The summed E-state index contributed by atoms with van der Waals surface area (Å²) in [6.45, 7) is 0.743. The minimum atomic E-state index is 0.0820. The number of halogens is 1. The summed E-state index contributed by atoms with van der Waals surface area (Å²) < 4.78 is 0. The fraction of sp³-hybridized carbons (Fsp3) is 0.250. The highest BCUT2D eigenvalue weighted by Crippen LogP contribution is 2.30. The van der Waals surface area contributed by atoms with Gasteiger partial charge in [-0.2, -0.15) is 0 Å². The average Bonchev–Trinajstić information content (AvgIpc) is 3.01. The van der Waals surface area contributed by atoms with Gasteiger partial charge in [0.2, 0.25) is 5.91 Å². The number of carbonyl (C=O) groups is 1. The first-order valence-corrected chi connectivity index (χ1v) is 9.90. The molecular formula is C20H18ClN3OS. The van der Waals surface area contributed by atoms with Crippen molar-refractivity contribution in [2.45, 2.75) is 25.7 Å². The van der Waals surface area contributed by atoms with E-state index < -0.39 is 0 Å². The van der Waals surface area contributed by atoms with E-state index >= 15 is 0 Å². The predicted octanol–water partition coefficient (Wildman–Crippen LogP) is 4.77. The predicted molar refractivity (Wildman–Crippen MR) is 106 cm³/mol. The Morgan fingerprint density at radius 2 is 2.19 bits per heavy atom. The van der Waals surface area contributed by atoms with Crippen molar-refractivity contribution >= 4 is 34.5 Å². The maximum Gasteiger partial charge on any atom is 0.233 e. The van der Waals surface area contributed by atoms with Gasteiger partial charge in [-0.15, -0.1) is 11.3 Å². The Kier molecular flexibility index (Phi) is 5.00. The number of benzene rings is 1. The van der Waals surface area contributed by atoms with Crippen LogP contribution in [0.5, 0.6) is 0 Å². The summed E-state index contributed by atoms with van der Waals surface area (Å²) in [5.41, 5.74) is 3.92. The molecule has 0 aliphatic carbocycles. The molecule has 0 fully saturated rings. The molecule has 0 N–H and O–H groups in total. The lowest BCUT2D eigenvalue weighted by molar-refractivity contribution is -0.118. The zero-order valence-electron chi connectivity index (χ0n) is 14.2. The monoisotopic (exact) mass is 383 g/mol. The third-order valence-corrected chi connectivity index (χ3v) is 5.68. The minimum Gasteiger partial charge on any atom is -0.312 e. The lowest BCUT2D eigenvalue weighted by Crippen LogP contribution is -2.33. The Morgan fingerprint density at radius 1 is 1.27 bits per heavy atom. The van der Waals surface area contributed by atoms with Crippen LogP contribution in [0.1, 0.15) is 24.1 Å². The SMILES string of the molecule is O=C(Cc1csc(-c2cccnc2)n1)N1CCCCc2cc(Cl)ccc21. The van der Waals surface area contributed by atoms with E-state index in [1.54, 1.807) is 23.7 Å². The Bertz CT molecular complexity index is 926. The summed E-state index contributed by atoms with van der Waals surface area (Å²) in [6.07, 6.45) is 6.86. The van der Waals surface area contributed by atoms with Gasteiger partial charge in [0.05, 0.1) is 12.1 Å². The number of nitrogens with zero attached hydrogens (tertiary/aromatic N) is 3. The summed E-state index contributed by atoms with van der Waals surface area (Å²) in [6, 6.07) is 9.66. The molecule has 0 atom stereocenters. The molecule has 3 heterocycles. The van der Waals surface area contributed by atoms with Crippen LogP contribution in [0.4, 0.5) is 5.69 Å². The molecule has 0 saturated carbocycles. The van der Waals surface area contributed by atoms with Crippen LogP contribution in [0.3, 0.4) is 0 Å². The molecule has 26 heavy (non-hydrogen) atoms. The van der Waals surface area contributed by atoms with E-state index in [1.807, 2.05) is 40.6 Å². The highest BCUT2D eigenvalue weighted by Gasteiger charge is 2.22. The fourth-order valence-electron chi connectivity index (χ4n) is 3.24. The molecule has 132 valence electrons. The van der Waals surface area contributed by atoms with Crippen LogP contribution < -0.4 is 4.90 Å². The van der Waals surface area contributed by atoms with Gasteiger partial charge in [-0.05, 0) is 55.2 Å². The van der Waals surface area contributed by atoms with Crippen molar-refractivity contribution in [3.8, 4) is 10.6 Å².